The van der Waals surface area contributed by atoms with Crippen LogP contribution in [-0.4, -0.2) is 58.7 Å². The number of hydrogen-bond donors (Lipinski definition) is 8. The van der Waals surface area contributed by atoms with Crippen molar-refractivity contribution in [2.75, 3.05) is 53.9 Å². The van der Waals surface area contributed by atoms with Crippen molar-refractivity contribution in [1.29, 1.82) is 0 Å². The quantitative estimate of drug-likeness (QED) is 0.116. The lowest BCUT2D eigenvalue weighted by Crippen LogP contribution is -2.27. The number of hydrogen-bond acceptors (Lipinski definition) is 12. The Bertz CT molecular complexity index is 1800. The van der Waals surface area contributed by atoms with E-state index in [1.807, 2.05) is 0 Å². The van der Waals surface area contributed by atoms with Crippen LogP contribution in [-0.2, 0) is 20.2 Å². The number of anilines is 7. The average molecular weight is 577 g/mol. The number of carbonyl (C=O) groups excluding carboxylic acids is 2. The summed E-state index contributed by atoms with van der Waals surface area (Å²) in [6, 6.07) is 5.67. The summed E-state index contributed by atoms with van der Waals surface area (Å²) in [6.45, 7) is 0. The van der Waals surface area contributed by atoms with Gasteiger partial charge < -0.3 is 32.7 Å². The van der Waals surface area contributed by atoms with E-state index in [0.29, 0.717) is 17.1 Å². The molecule has 16 heteroatoms. The first-order valence-electron chi connectivity index (χ1n) is 11.1. The molecule has 0 saturated carbocycles. The van der Waals surface area contributed by atoms with E-state index in [9.17, 15) is 35.5 Å². The van der Waals surface area contributed by atoms with E-state index in [0.717, 1.165) is 24.3 Å². The van der Waals surface area contributed by atoms with Crippen LogP contribution >= 0.6 is 0 Å². The first-order chi connectivity index (χ1) is 18.2. The Morgan fingerprint density at radius 1 is 0.667 bits per heavy atom. The van der Waals surface area contributed by atoms with E-state index in [2.05, 4.69) is 21.3 Å². The second kappa shape index (κ2) is 9.42. The Balaban J connectivity index is 2.12. The topological polar surface area (TPSA) is 243 Å². The third-order valence-electron chi connectivity index (χ3n) is 6.25. The van der Waals surface area contributed by atoms with Crippen molar-refractivity contribution in [3.05, 3.63) is 52.6 Å². The lowest BCUT2D eigenvalue weighted by Gasteiger charge is -2.26. The van der Waals surface area contributed by atoms with Crippen molar-refractivity contribution in [2.24, 2.45) is 0 Å². The molecule has 0 fully saturated rings. The van der Waals surface area contributed by atoms with Crippen LogP contribution in [0.3, 0.4) is 0 Å². The molecule has 10 N–H and O–H groups in total. The molecule has 0 amide bonds. The molecule has 4 rings (SSSR count). The zero-order valence-corrected chi connectivity index (χ0v) is 22.3. The SMILES string of the molecule is CNc1cc(NC)c(Nc2cc(S(=O)(=O)O)c(N)c3c2C(=O)c2c(cccc2S(=O)(=O)O)C3=O)c(NC)c1N. The highest BCUT2D eigenvalue weighted by atomic mass is 32.2. The van der Waals surface area contributed by atoms with Gasteiger partial charge in [-0.15, -0.1) is 0 Å². The fourth-order valence-electron chi connectivity index (χ4n) is 4.51. The molecule has 0 spiro atoms. The molecular weight excluding hydrogens is 552 g/mol. The van der Waals surface area contributed by atoms with Crippen LogP contribution in [0.4, 0.5) is 39.8 Å². The molecule has 14 nitrogen and oxygen atoms in total. The average Bonchev–Trinajstić information content (AvgIpc) is 2.86. The number of nitrogens with two attached hydrogens (primary N) is 2. The van der Waals surface area contributed by atoms with Gasteiger partial charge in [0.1, 0.15) is 9.79 Å². The smallest absolute Gasteiger partial charge is 0.296 e. The third kappa shape index (κ3) is 4.38. The molecule has 3 aromatic rings. The number of benzene rings is 3. The van der Waals surface area contributed by atoms with Crippen LogP contribution in [0.25, 0.3) is 0 Å². The van der Waals surface area contributed by atoms with Gasteiger partial charge in [0.15, 0.2) is 11.6 Å². The fourth-order valence-corrected chi connectivity index (χ4v) is 5.87. The first kappa shape index (κ1) is 27.6. The Kier molecular flexibility index (Phi) is 6.68. The van der Waals surface area contributed by atoms with Gasteiger partial charge in [-0.25, -0.2) is 0 Å². The van der Waals surface area contributed by atoms with Gasteiger partial charge in [-0.1, -0.05) is 12.1 Å². The van der Waals surface area contributed by atoms with Crippen LogP contribution < -0.4 is 32.7 Å². The number of nitrogens with one attached hydrogen (secondary N) is 4. The van der Waals surface area contributed by atoms with Gasteiger partial charge >= 0.3 is 0 Å². The minimum absolute atomic E-state index is 0.207. The van der Waals surface area contributed by atoms with Crippen molar-refractivity contribution in [3.63, 3.8) is 0 Å². The van der Waals surface area contributed by atoms with Crippen LogP contribution in [0.15, 0.2) is 40.1 Å². The number of rotatable bonds is 7. The maximum atomic E-state index is 13.8. The zero-order chi connectivity index (χ0) is 29.0. The molecule has 1 aliphatic rings. The number of nitrogen functional groups attached to an aromatic ring is 2. The maximum absolute atomic E-state index is 13.8. The normalized spacial score (nSPS) is 12.9. The summed E-state index contributed by atoms with van der Waals surface area (Å²) in [5.41, 5.74) is 10.8. The molecule has 3 aromatic carbocycles. The van der Waals surface area contributed by atoms with E-state index in [1.54, 1.807) is 27.2 Å². The summed E-state index contributed by atoms with van der Waals surface area (Å²) < 4.78 is 68.2. The summed E-state index contributed by atoms with van der Waals surface area (Å²) in [5, 5.41) is 11.7. The van der Waals surface area contributed by atoms with Gasteiger partial charge in [0, 0.05) is 26.7 Å². The summed E-state index contributed by atoms with van der Waals surface area (Å²) in [6.07, 6.45) is 0. The molecule has 1 aliphatic carbocycles. The molecule has 206 valence electrons. The highest BCUT2D eigenvalue weighted by molar-refractivity contribution is 7.86. The van der Waals surface area contributed by atoms with Gasteiger partial charge in [0.05, 0.1) is 56.5 Å². The monoisotopic (exact) mass is 576 g/mol. The van der Waals surface area contributed by atoms with Gasteiger partial charge in [-0.3, -0.25) is 18.7 Å². The first-order valence-corrected chi connectivity index (χ1v) is 14.0. The molecule has 0 bridgehead atoms. The number of ketones is 2. The molecule has 0 aliphatic heterocycles. The minimum atomic E-state index is -5.01. The van der Waals surface area contributed by atoms with Crippen molar-refractivity contribution < 1.29 is 35.5 Å². The molecular formula is C23H24N6O8S2. The Morgan fingerprint density at radius 3 is 1.82 bits per heavy atom. The van der Waals surface area contributed by atoms with Crippen LogP contribution in [0.1, 0.15) is 31.8 Å². The highest BCUT2D eigenvalue weighted by Crippen LogP contribution is 2.46. The molecule has 39 heavy (non-hydrogen) atoms. The number of fused-ring (bicyclic) bond motifs is 2. The Morgan fingerprint density at radius 2 is 1.28 bits per heavy atom. The standard InChI is InChI=1S/C23H24N6O8S2/c1-26-11-7-12(27-2)20(21(28-3)18(11)24)29-10-8-14(39(35,36)37)19(25)17-16(10)23(31)15-9(22(17)30)5-4-6-13(15)38(32,33)34/h4-8,26-29H,24-25H2,1-3H3,(H,32,33,34)(H,35,36,37). The number of carbonyl (C=O) groups is 2. The van der Waals surface area contributed by atoms with Crippen molar-refractivity contribution >= 4 is 71.6 Å². The third-order valence-corrected chi connectivity index (χ3v) is 8.04. The lowest BCUT2D eigenvalue weighted by atomic mass is 9.82. The van der Waals surface area contributed by atoms with E-state index < -0.39 is 69.5 Å². The minimum Gasteiger partial charge on any atom is -0.397 e. The second-order valence-corrected chi connectivity index (χ2v) is 11.2. The predicted molar refractivity (Wildman–Crippen MR) is 147 cm³/mol. The van der Waals surface area contributed by atoms with Crippen molar-refractivity contribution in [3.8, 4) is 0 Å². The van der Waals surface area contributed by atoms with Gasteiger partial charge in [-0.05, 0) is 18.2 Å². The molecule has 0 heterocycles. The summed E-state index contributed by atoms with van der Waals surface area (Å²) in [5.74, 6) is -2.04. The molecule has 0 radical (unpaired) electrons. The van der Waals surface area contributed by atoms with Crippen molar-refractivity contribution in [1.82, 2.24) is 0 Å². The lowest BCUT2D eigenvalue weighted by molar-refractivity contribution is 0.0977. The fraction of sp³-hybridized carbons (Fsp3) is 0.130. The Labute approximate surface area is 223 Å². The summed E-state index contributed by atoms with van der Waals surface area (Å²) in [7, 11) is -5.19. The van der Waals surface area contributed by atoms with Crippen molar-refractivity contribution in [2.45, 2.75) is 9.79 Å². The van der Waals surface area contributed by atoms with Gasteiger partial charge in [-0.2, -0.15) is 16.8 Å². The zero-order valence-electron chi connectivity index (χ0n) is 20.7. The molecule has 0 aromatic heterocycles. The van der Waals surface area contributed by atoms with Crippen LogP contribution in [0, 0.1) is 0 Å². The van der Waals surface area contributed by atoms with E-state index in [1.165, 1.54) is 0 Å². The predicted octanol–water partition coefficient (Wildman–Crippen LogP) is 1.99. The maximum Gasteiger partial charge on any atom is 0.296 e. The van der Waals surface area contributed by atoms with Gasteiger partial charge in [0.2, 0.25) is 0 Å². The van der Waals surface area contributed by atoms with Crippen LogP contribution in [0.5, 0.6) is 0 Å². The molecule has 0 atom stereocenters. The van der Waals surface area contributed by atoms with Gasteiger partial charge in [0.25, 0.3) is 20.2 Å². The largest absolute Gasteiger partial charge is 0.397 e. The molecule has 0 saturated heterocycles. The van der Waals surface area contributed by atoms with E-state index >= 15 is 0 Å². The second-order valence-electron chi connectivity index (χ2n) is 8.38. The Hall–Kier alpha value is -4.38. The van der Waals surface area contributed by atoms with E-state index in [-0.39, 0.29) is 17.1 Å². The summed E-state index contributed by atoms with van der Waals surface area (Å²) in [4.78, 5) is 25.7. The van der Waals surface area contributed by atoms with Crippen LogP contribution in [0.2, 0.25) is 0 Å². The van der Waals surface area contributed by atoms with E-state index in [4.69, 9.17) is 11.5 Å². The summed E-state index contributed by atoms with van der Waals surface area (Å²) >= 11 is 0. The molecule has 0 unspecified atom stereocenters. The highest BCUT2D eigenvalue weighted by Gasteiger charge is 2.40.